The average Bonchev–Trinajstić information content (AvgIpc) is 2.85. The molecule has 0 bridgehead atoms. The lowest BCUT2D eigenvalue weighted by molar-refractivity contribution is 0.507. The number of hydrogen-bond acceptors (Lipinski definition) is 4. The summed E-state index contributed by atoms with van der Waals surface area (Å²) >= 11 is 3.38. The summed E-state index contributed by atoms with van der Waals surface area (Å²) in [6.45, 7) is 3.12. The van der Waals surface area contributed by atoms with Crippen LogP contribution in [0.2, 0.25) is 0 Å². The van der Waals surface area contributed by atoms with Crippen LogP contribution < -0.4 is 11.3 Å². The second-order valence-corrected chi connectivity index (χ2v) is 5.28. The lowest BCUT2D eigenvalue weighted by atomic mass is 10.1. The van der Waals surface area contributed by atoms with Gasteiger partial charge in [-0.25, -0.2) is 4.98 Å². The Morgan fingerprint density at radius 3 is 2.89 bits per heavy atom. The number of nitrogens with zero attached hydrogens (tertiary/aromatic N) is 3. The zero-order valence-corrected chi connectivity index (χ0v) is 12.5. The van der Waals surface area contributed by atoms with Gasteiger partial charge in [0.25, 0.3) is 0 Å². The highest BCUT2D eigenvalue weighted by molar-refractivity contribution is 9.10. The van der Waals surface area contributed by atoms with E-state index in [1.54, 1.807) is 6.20 Å². The van der Waals surface area contributed by atoms with Crippen LogP contribution in [-0.2, 0) is 13.0 Å². The van der Waals surface area contributed by atoms with E-state index < -0.39 is 0 Å². The molecule has 2 aromatic heterocycles. The number of pyridine rings is 1. The Morgan fingerprint density at radius 2 is 2.26 bits per heavy atom. The van der Waals surface area contributed by atoms with E-state index in [4.69, 9.17) is 5.84 Å². The summed E-state index contributed by atoms with van der Waals surface area (Å²) in [5.41, 5.74) is 3.73. The standard InChI is InChI=1S/C13H18BrN5/c1-2-6-19-7-5-16-13(19)8-12(18-15)11-4-3-10(14)9-17-11/h3-5,7,9,12,18H,2,6,8,15H2,1H3. The first-order valence-corrected chi connectivity index (χ1v) is 7.11. The Kier molecular flexibility index (Phi) is 5.07. The van der Waals surface area contributed by atoms with Crippen LogP contribution in [-0.4, -0.2) is 14.5 Å². The molecule has 0 fully saturated rings. The van der Waals surface area contributed by atoms with Crippen molar-refractivity contribution in [2.45, 2.75) is 32.4 Å². The molecule has 5 nitrogen and oxygen atoms in total. The fourth-order valence-electron chi connectivity index (χ4n) is 2.00. The highest BCUT2D eigenvalue weighted by Gasteiger charge is 2.15. The number of rotatable bonds is 6. The van der Waals surface area contributed by atoms with Gasteiger partial charge in [-0.3, -0.25) is 16.3 Å². The Hall–Kier alpha value is -1.24. The van der Waals surface area contributed by atoms with Gasteiger partial charge in [0.15, 0.2) is 0 Å². The van der Waals surface area contributed by atoms with E-state index >= 15 is 0 Å². The van der Waals surface area contributed by atoms with Crippen molar-refractivity contribution < 1.29 is 0 Å². The molecule has 0 aliphatic heterocycles. The van der Waals surface area contributed by atoms with Crippen LogP contribution in [0.4, 0.5) is 0 Å². The van der Waals surface area contributed by atoms with Crippen LogP contribution in [0.25, 0.3) is 0 Å². The minimum atomic E-state index is -0.0360. The molecule has 2 rings (SSSR count). The number of imidazole rings is 1. The van der Waals surface area contributed by atoms with Crippen LogP contribution in [0.1, 0.15) is 30.9 Å². The summed E-state index contributed by atoms with van der Waals surface area (Å²) in [6.07, 6.45) is 7.41. The molecule has 6 heteroatoms. The van der Waals surface area contributed by atoms with Crippen molar-refractivity contribution in [2.75, 3.05) is 0 Å². The molecule has 2 aromatic rings. The quantitative estimate of drug-likeness (QED) is 0.631. The summed E-state index contributed by atoms with van der Waals surface area (Å²) in [5.74, 6) is 6.67. The number of nitrogens with one attached hydrogen (secondary N) is 1. The Balaban J connectivity index is 2.14. The number of hydrazine groups is 1. The summed E-state index contributed by atoms with van der Waals surface area (Å²) in [4.78, 5) is 8.78. The second kappa shape index (κ2) is 6.79. The molecule has 3 N–H and O–H groups in total. The van der Waals surface area contributed by atoms with E-state index in [1.807, 2.05) is 24.5 Å². The van der Waals surface area contributed by atoms with Crippen LogP contribution in [0.3, 0.4) is 0 Å². The van der Waals surface area contributed by atoms with Crippen LogP contribution in [0.15, 0.2) is 35.2 Å². The minimum Gasteiger partial charge on any atom is -0.335 e. The largest absolute Gasteiger partial charge is 0.335 e. The maximum atomic E-state index is 5.64. The highest BCUT2D eigenvalue weighted by Crippen LogP contribution is 2.17. The fraction of sp³-hybridized carbons (Fsp3) is 0.385. The van der Waals surface area contributed by atoms with Gasteiger partial charge >= 0.3 is 0 Å². The van der Waals surface area contributed by atoms with Gasteiger partial charge in [-0.1, -0.05) is 6.92 Å². The molecule has 1 atom stereocenters. The van der Waals surface area contributed by atoms with Crippen molar-refractivity contribution in [3.05, 3.63) is 46.7 Å². The molecule has 1 unspecified atom stereocenters. The molecule has 19 heavy (non-hydrogen) atoms. The third-order valence-corrected chi connectivity index (χ3v) is 3.43. The third kappa shape index (κ3) is 3.62. The number of nitrogens with two attached hydrogens (primary N) is 1. The zero-order chi connectivity index (χ0) is 13.7. The number of aromatic nitrogens is 3. The van der Waals surface area contributed by atoms with E-state index in [0.29, 0.717) is 0 Å². The van der Waals surface area contributed by atoms with Gasteiger partial charge in [0.05, 0.1) is 11.7 Å². The van der Waals surface area contributed by atoms with Crippen molar-refractivity contribution in [3.63, 3.8) is 0 Å². The lowest BCUT2D eigenvalue weighted by Crippen LogP contribution is -2.31. The normalized spacial score (nSPS) is 12.6. The van der Waals surface area contributed by atoms with E-state index in [1.165, 1.54) is 0 Å². The maximum absolute atomic E-state index is 5.64. The predicted octanol–water partition coefficient (Wildman–Crippen LogP) is 2.20. The van der Waals surface area contributed by atoms with Crippen LogP contribution in [0, 0.1) is 0 Å². The lowest BCUT2D eigenvalue weighted by Gasteiger charge is -2.16. The third-order valence-electron chi connectivity index (χ3n) is 2.96. The highest BCUT2D eigenvalue weighted by atomic mass is 79.9. The van der Waals surface area contributed by atoms with Crippen molar-refractivity contribution >= 4 is 15.9 Å². The van der Waals surface area contributed by atoms with Gasteiger partial charge in [-0.15, -0.1) is 0 Å². The Bertz CT molecular complexity index is 508. The van der Waals surface area contributed by atoms with Gasteiger partial charge in [-0.2, -0.15) is 0 Å². The Morgan fingerprint density at radius 1 is 1.42 bits per heavy atom. The molecular formula is C13H18BrN5. The molecule has 0 saturated heterocycles. The van der Waals surface area contributed by atoms with E-state index in [-0.39, 0.29) is 6.04 Å². The van der Waals surface area contributed by atoms with Gasteiger partial charge < -0.3 is 4.57 Å². The van der Waals surface area contributed by atoms with Gasteiger partial charge in [0.1, 0.15) is 5.82 Å². The molecule has 0 aliphatic carbocycles. The predicted molar refractivity (Wildman–Crippen MR) is 78.2 cm³/mol. The minimum absolute atomic E-state index is 0.0360. The van der Waals surface area contributed by atoms with Crippen molar-refractivity contribution in [2.24, 2.45) is 5.84 Å². The summed E-state index contributed by atoms with van der Waals surface area (Å²) in [6, 6.07) is 3.89. The van der Waals surface area contributed by atoms with Crippen LogP contribution >= 0.6 is 15.9 Å². The topological polar surface area (TPSA) is 68.8 Å². The summed E-state index contributed by atoms with van der Waals surface area (Å²) in [7, 11) is 0. The van der Waals surface area contributed by atoms with Crippen LogP contribution in [0.5, 0.6) is 0 Å². The molecule has 0 radical (unpaired) electrons. The average molecular weight is 324 g/mol. The summed E-state index contributed by atoms with van der Waals surface area (Å²) < 4.78 is 3.11. The monoisotopic (exact) mass is 323 g/mol. The van der Waals surface area contributed by atoms with Crippen molar-refractivity contribution in [1.82, 2.24) is 20.0 Å². The molecule has 0 aromatic carbocycles. The van der Waals surface area contributed by atoms with Gasteiger partial charge in [0.2, 0.25) is 0 Å². The van der Waals surface area contributed by atoms with Gasteiger partial charge in [-0.05, 0) is 34.5 Å². The zero-order valence-electron chi connectivity index (χ0n) is 10.9. The first-order chi connectivity index (χ1) is 9.24. The molecular weight excluding hydrogens is 306 g/mol. The molecule has 0 spiro atoms. The molecule has 102 valence electrons. The molecule has 0 saturated carbocycles. The molecule has 0 aliphatic rings. The first-order valence-electron chi connectivity index (χ1n) is 6.32. The number of aryl methyl sites for hydroxylation is 1. The van der Waals surface area contributed by atoms with Crippen molar-refractivity contribution in [1.29, 1.82) is 0 Å². The number of hydrogen-bond donors (Lipinski definition) is 2. The SMILES string of the molecule is CCCn1ccnc1CC(NN)c1ccc(Br)cn1. The van der Waals surface area contributed by atoms with E-state index in [9.17, 15) is 0 Å². The first kappa shape index (κ1) is 14.2. The van der Waals surface area contributed by atoms with Gasteiger partial charge in [0, 0.05) is 36.0 Å². The Labute approximate surface area is 121 Å². The number of halogens is 1. The summed E-state index contributed by atoms with van der Waals surface area (Å²) in [5, 5.41) is 0. The van der Waals surface area contributed by atoms with E-state index in [0.717, 1.165) is 35.4 Å². The van der Waals surface area contributed by atoms with Crippen molar-refractivity contribution in [3.8, 4) is 0 Å². The maximum Gasteiger partial charge on any atom is 0.110 e. The second-order valence-electron chi connectivity index (χ2n) is 4.36. The smallest absolute Gasteiger partial charge is 0.110 e. The van der Waals surface area contributed by atoms with E-state index in [2.05, 4.69) is 42.8 Å². The molecule has 0 amide bonds. The molecule has 2 heterocycles. The fourth-order valence-corrected chi connectivity index (χ4v) is 2.23.